The molecule has 5 heteroatoms. The molecule has 0 aliphatic heterocycles. The summed E-state index contributed by atoms with van der Waals surface area (Å²) in [5.74, 6) is -0.137. The average Bonchev–Trinajstić information content (AvgIpc) is 2.48. The smallest absolute Gasteiger partial charge is 0.261 e. The van der Waals surface area contributed by atoms with Crippen LogP contribution in [0.4, 0.5) is 4.39 Å². The number of hydrogen-bond donors (Lipinski definition) is 1. The number of carbonyl (C=O) groups excluding carboxylic acids is 1. The average molecular weight is 308 g/mol. The van der Waals surface area contributed by atoms with E-state index in [-0.39, 0.29) is 11.7 Å². The molecule has 3 nitrogen and oxygen atoms in total. The first kappa shape index (κ1) is 15.3. The number of benzene rings is 2. The van der Waals surface area contributed by atoms with E-state index in [9.17, 15) is 9.18 Å². The lowest BCUT2D eigenvalue weighted by atomic mass is 10.2. The van der Waals surface area contributed by atoms with Gasteiger partial charge in [-0.25, -0.2) is 4.39 Å². The van der Waals surface area contributed by atoms with Crippen molar-refractivity contribution >= 4 is 17.5 Å². The van der Waals surface area contributed by atoms with Gasteiger partial charge in [-0.15, -0.1) is 0 Å². The molecule has 2 rings (SSSR count). The monoisotopic (exact) mass is 307 g/mol. The van der Waals surface area contributed by atoms with Crippen LogP contribution >= 0.6 is 11.6 Å². The Hall–Kier alpha value is -2.07. The van der Waals surface area contributed by atoms with Crippen molar-refractivity contribution < 1.29 is 13.9 Å². The fourth-order valence-corrected chi connectivity index (χ4v) is 1.83. The zero-order valence-corrected chi connectivity index (χ0v) is 12.2. The van der Waals surface area contributed by atoms with Crippen molar-refractivity contribution in [3.05, 3.63) is 64.9 Å². The van der Waals surface area contributed by atoms with Gasteiger partial charge in [-0.3, -0.25) is 4.79 Å². The number of amides is 1. The molecule has 1 amide bonds. The van der Waals surface area contributed by atoms with Gasteiger partial charge in [0.15, 0.2) is 6.10 Å². The Morgan fingerprint density at radius 3 is 2.43 bits per heavy atom. The van der Waals surface area contributed by atoms with Gasteiger partial charge in [0, 0.05) is 11.6 Å². The summed E-state index contributed by atoms with van der Waals surface area (Å²) >= 11 is 5.79. The van der Waals surface area contributed by atoms with Gasteiger partial charge < -0.3 is 10.1 Å². The van der Waals surface area contributed by atoms with Gasteiger partial charge >= 0.3 is 0 Å². The van der Waals surface area contributed by atoms with Gasteiger partial charge in [0.05, 0.1) is 0 Å². The highest BCUT2D eigenvalue weighted by Gasteiger charge is 2.14. The highest BCUT2D eigenvalue weighted by atomic mass is 35.5. The van der Waals surface area contributed by atoms with Crippen LogP contribution in [0.5, 0.6) is 5.75 Å². The number of hydrogen-bond acceptors (Lipinski definition) is 2. The van der Waals surface area contributed by atoms with E-state index in [2.05, 4.69) is 5.32 Å². The molecule has 0 heterocycles. The Morgan fingerprint density at radius 2 is 1.81 bits per heavy atom. The normalized spacial score (nSPS) is 11.8. The van der Waals surface area contributed by atoms with Crippen LogP contribution < -0.4 is 10.1 Å². The predicted molar refractivity (Wildman–Crippen MR) is 79.8 cm³/mol. The fraction of sp³-hybridized carbons (Fsp3) is 0.188. The van der Waals surface area contributed by atoms with E-state index in [1.54, 1.807) is 19.1 Å². The van der Waals surface area contributed by atoms with Crippen molar-refractivity contribution in [3.8, 4) is 5.75 Å². The van der Waals surface area contributed by atoms with E-state index in [0.717, 1.165) is 5.56 Å². The first-order valence-corrected chi connectivity index (χ1v) is 6.87. The molecule has 0 saturated heterocycles. The van der Waals surface area contributed by atoms with Crippen LogP contribution in [0.3, 0.4) is 0 Å². The van der Waals surface area contributed by atoms with Gasteiger partial charge in [-0.1, -0.05) is 23.7 Å². The largest absolute Gasteiger partial charge is 0.481 e. The standard InChI is InChI=1S/C16H15ClFNO2/c1-11(21-15-8-6-14(18)7-9-15)16(20)19-10-12-2-4-13(17)5-3-12/h2-9,11H,10H2,1H3,(H,19,20)/t11-/m0/s1. The second kappa shape index (κ2) is 7.09. The molecule has 0 bridgehead atoms. The molecule has 110 valence electrons. The summed E-state index contributed by atoms with van der Waals surface area (Å²) in [5, 5.41) is 3.42. The first-order valence-electron chi connectivity index (χ1n) is 6.49. The minimum Gasteiger partial charge on any atom is -0.481 e. The third-order valence-electron chi connectivity index (χ3n) is 2.88. The van der Waals surface area contributed by atoms with Crippen LogP contribution in [0, 0.1) is 5.82 Å². The molecule has 0 aliphatic carbocycles. The van der Waals surface area contributed by atoms with Crippen LogP contribution in [0.15, 0.2) is 48.5 Å². The van der Waals surface area contributed by atoms with E-state index in [1.165, 1.54) is 24.3 Å². The highest BCUT2D eigenvalue weighted by molar-refractivity contribution is 6.30. The molecular weight excluding hydrogens is 293 g/mol. The molecule has 0 saturated carbocycles. The van der Waals surface area contributed by atoms with Crippen LogP contribution in [-0.4, -0.2) is 12.0 Å². The van der Waals surface area contributed by atoms with E-state index < -0.39 is 6.10 Å². The zero-order chi connectivity index (χ0) is 15.2. The lowest BCUT2D eigenvalue weighted by Crippen LogP contribution is -2.35. The van der Waals surface area contributed by atoms with Gasteiger partial charge in [0.1, 0.15) is 11.6 Å². The van der Waals surface area contributed by atoms with Crippen LogP contribution in [0.2, 0.25) is 5.02 Å². The molecule has 0 spiro atoms. The number of halogens is 2. The minimum atomic E-state index is -0.664. The van der Waals surface area contributed by atoms with Gasteiger partial charge in [0.25, 0.3) is 5.91 Å². The van der Waals surface area contributed by atoms with Gasteiger partial charge in [-0.2, -0.15) is 0 Å². The van der Waals surface area contributed by atoms with Crippen molar-refractivity contribution in [2.75, 3.05) is 0 Å². The zero-order valence-electron chi connectivity index (χ0n) is 11.5. The quantitative estimate of drug-likeness (QED) is 0.917. The highest BCUT2D eigenvalue weighted by Crippen LogP contribution is 2.13. The molecule has 0 aromatic heterocycles. The third kappa shape index (κ3) is 4.76. The van der Waals surface area contributed by atoms with E-state index in [4.69, 9.17) is 16.3 Å². The Morgan fingerprint density at radius 1 is 1.19 bits per heavy atom. The third-order valence-corrected chi connectivity index (χ3v) is 3.13. The minimum absolute atomic E-state index is 0.241. The Bertz CT molecular complexity index is 599. The maximum absolute atomic E-state index is 12.8. The summed E-state index contributed by atoms with van der Waals surface area (Å²) in [5.41, 5.74) is 0.946. The number of ether oxygens (including phenoxy) is 1. The Kier molecular flexibility index (Phi) is 5.17. The summed E-state index contributed by atoms with van der Waals surface area (Å²) in [6.07, 6.45) is -0.664. The lowest BCUT2D eigenvalue weighted by molar-refractivity contribution is -0.127. The van der Waals surface area contributed by atoms with Crippen molar-refractivity contribution in [1.29, 1.82) is 0 Å². The van der Waals surface area contributed by atoms with Crippen molar-refractivity contribution in [3.63, 3.8) is 0 Å². The lowest BCUT2D eigenvalue weighted by Gasteiger charge is -2.14. The summed E-state index contributed by atoms with van der Waals surface area (Å²) in [4.78, 5) is 11.9. The number of rotatable bonds is 5. The van der Waals surface area contributed by atoms with Gasteiger partial charge in [0.2, 0.25) is 0 Å². The Balaban J connectivity index is 1.84. The van der Waals surface area contributed by atoms with Crippen molar-refractivity contribution in [2.45, 2.75) is 19.6 Å². The summed E-state index contributed by atoms with van der Waals surface area (Å²) in [6.45, 7) is 2.04. The molecular formula is C16H15ClFNO2. The molecule has 21 heavy (non-hydrogen) atoms. The maximum Gasteiger partial charge on any atom is 0.261 e. The van der Waals surface area contributed by atoms with Gasteiger partial charge in [-0.05, 0) is 48.9 Å². The van der Waals surface area contributed by atoms with Crippen molar-refractivity contribution in [1.82, 2.24) is 5.32 Å². The van der Waals surface area contributed by atoms with Crippen molar-refractivity contribution in [2.24, 2.45) is 0 Å². The van der Waals surface area contributed by atoms with Crippen LogP contribution in [0.1, 0.15) is 12.5 Å². The van der Waals surface area contributed by atoms with E-state index >= 15 is 0 Å². The van der Waals surface area contributed by atoms with Crippen LogP contribution in [-0.2, 0) is 11.3 Å². The summed E-state index contributed by atoms with van der Waals surface area (Å²) in [6, 6.07) is 12.8. The summed E-state index contributed by atoms with van der Waals surface area (Å²) < 4.78 is 18.2. The molecule has 2 aromatic carbocycles. The molecule has 2 aromatic rings. The number of nitrogens with one attached hydrogen (secondary N) is 1. The molecule has 0 aliphatic rings. The first-order chi connectivity index (χ1) is 10.0. The molecule has 0 unspecified atom stereocenters. The van der Waals surface area contributed by atoms with Crippen LogP contribution in [0.25, 0.3) is 0 Å². The summed E-state index contributed by atoms with van der Waals surface area (Å²) in [7, 11) is 0. The predicted octanol–water partition coefficient (Wildman–Crippen LogP) is 3.56. The second-order valence-corrected chi connectivity index (χ2v) is 4.99. The topological polar surface area (TPSA) is 38.3 Å². The van der Waals surface area contributed by atoms with E-state index in [1.807, 2.05) is 12.1 Å². The second-order valence-electron chi connectivity index (χ2n) is 4.56. The van der Waals surface area contributed by atoms with E-state index in [0.29, 0.717) is 17.3 Å². The number of carbonyl (C=O) groups is 1. The molecule has 0 radical (unpaired) electrons. The fourth-order valence-electron chi connectivity index (χ4n) is 1.71. The molecule has 1 N–H and O–H groups in total. The molecule has 0 fully saturated rings. The molecule has 1 atom stereocenters. The Labute approximate surface area is 127 Å². The maximum atomic E-state index is 12.8. The SMILES string of the molecule is C[C@H](Oc1ccc(F)cc1)C(=O)NCc1ccc(Cl)cc1.